The summed E-state index contributed by atoms with van der Waals surface area (Å²) in [5, 5.41) is 11.7. The van der Waals surface area contributed by atoms with Gasteiger partial charge >= 0.3 is 0 Å². The maximum absolute atomic E-state index is 8.71. The minimum atomic E-state index is 0.00264. The van der Waals surface area contributed by atoms with Crippen molar-refractivity contribution in [1.82, 2.24) is 14.9 Å². The smallest absolute Gasteiger partial charge is 0.225 e. The molecule has 1 aliphatic rings. The van der Waals surface area contributed by atoms with Crippen LogP contribution in [0.1, 0.15) is 25.5 Å². The quantitative estimate of drug-likeness (QED) is 0.360. The molecule has 0 saturated carbocycles. The molecule has 1 aromatic heterocycles. The van der Waals surface area contributed by atoms with E-state index in [4.69, 9.17) is 10.9 Å². The molecule has 0 unspecified atom stereocenters. The van der Waals surface area contributed by atoms with E-state index in [-0.39, 0.29) is 5.84 Å². The van der Waals surface area contributed by atoms with Crippen molar-refractivity contribution in [2.45, 2.75) is 25.8 Å². The zero-order chi connectivity index (χ0) is 14.5. The first kappa shape index (κ1) is 14.5. The third kappa shape index (κ3) is 3.16. The van der Waals surface area contributed by atoms with Gasteiger partial charge in [0.2, 0.25) is 5.95 Å². The number of rotatable bonds is 4. The second-order valence-electron chi connectivity index (χ2n) is 5.00. The fourth-order valence-electron chi connectivity index (χ4n) is 2.50. The van der Waals surface area contributed by atoms with E-state index < -0.39 is 0 Å². The van der Waals surface area contributed by atoms with Crippen LogP contribution in [0.25, 0.3) is 0 Å². The maximum Gasteiger partial charge on any atom is 0.225 e. The Morgan fingerprint density at radius 3 is 2.85 bits per heavy atom. The third-order valence-corrected chi connectivity index (χ3v) is 3.88. The molecule has 0 spiro atoms. The summed E-state index contributed by atoms with van der Waals surface area (Å²) < 4.78 is 0. The van der Waals surface area contributed by atoms with Gasteiger partial charge in [-0.25, -0.2) is 9.97 Å². The van der Waals surface area contributed by atoms with Crippen LogP contribution < -0.4 is 10.6 Å². The summed E-state index contributed by atoms with van der Waals surface area (Å²) in [6.07, 6.45) is 3.83. The van der Waals surface area contributed by atoms with E-state index >= 15 is 0 Å². The summed E-state index contributed by atoms with van der Waals surface area (Å²) in [7, 11) is 2.00. The van der Waals surface area contributed by atoms with Crippen LogP contribution in [0.4, 0.5) is 5.95 Å². The number of oxime groups is 1. The van der Waals surface area contributed by atoms with E-state index in [1.807, 2.05) is 7.05 Å². The highest BCUT2D eigenvalue weighted by Gasteiger charge is 2.23. The average Bonchev–Trinajstić information content (AvgIpc) is 2.53. The van der Waals surface area contributed by atoms with Crippen LogP contribution in [0.5, 0.6) is 0 Å². The van der Waals surface area contributed by atoms with Crippen LogP contribution >= 0.6 is 0 Å². The van der Waals surface area contributed by atoms with Gasteiger partial charge in [-0.2, -0.15) is 0 Å². The highest BCUT2D eigenvalue weighted by Crippen LogP contribution is 2.19. The van der Waals surface area contributed by atoms with Crippen LogP contribution in [-0.2, 0) is 0 Å². The Balaban J connectivity index is 2.08. The second-order valence-corrected chi connectivity index (χ2v) is 5.00. The van der Waals surface area contributed by atoms with Crippen molar-refractivity contribution in [2.24, 2.45) is 10.9 Å². The second kappa shape index (κ2) is 6.51. The summed E-state index contributed by atoms with van der Waals surface area (Å²) in [5.74, 6) is 0.618. The molecule has 1 saturated heterocycles. The van der Waals surface area contributed by atoms with Crippen molar-refractivity contribution >= 4 is 11.8 Å². The van der Waals surface area contributed by atoms with E-state index in [1.165, 1.54) is 0 Å². The van der Waals surface area contributed by atoms with Crippen LogP contribution in [0, 0.1) is 0 Å². The van der Waals surface area contributed by atoms with Gasteiger partial charge in [0.05, 0.1) is 0 Å². The van der Waals surface area contributed by atoms with Gasteiger partial charge in [0.15, 0.2) is 5.84 Å². The lowest BCUT2D eigenvalue weighted by atomic mass is 10.0. The topological polar surface area (TPSA) is 90.9 Å². The van der Waals surface area contributed by atoms with Gasteiger partial charge in [-0.05, 0) is 25.5 Å². The number of anilines is 1. The van der Waals surface area contributed by atoms with Crippen molar-refractivity contribution in [1.29, 1.82) is 0 Å². The molecule has 1 aliphatic heterocycles. The Hall–Kier alpha value is -1.89. The summed E-state index contributed by atoms with van der Waals surface area (Å²) >= 11 is 0. The predicted molar refractivity (Wildman–Crippen MR) is 78.1 cm³/mol. The predicted octanol–water partition coefficient (Wildman–Crippen LogP) is 0.492. The van der Waals surface area contributed by atoms with Gasteiger partial charge in [-0.1, -0.05) is 12.1 Å². The monoisotopic (exact) mass is 278 g/mol. The number of aromatic nitrogens is 2. The Bertz CT molecular complexity index is 470. The Morgan fingerprint density at radius 2 is 2.25 bits per heavy atom. The van der Waals surface area contributed by atoms with Gasteiger partial charge in [0.25, 0.3) is 0 Å². The number of hydrogen-bond donors (Lipinski definition) is 2. The lowest BCUT2D eigenvalue weighted by molar-refractivity contribution is 0.220. The number of nitrogens with two attached hydrogens (primary N) is 1. The highest BCUT2D eigenvalue weighted by molar-refractivity contribution is 5.95. The number of likely N-dealkylation sites (tertiary alicyclic amines) is 1. The summed E-state index contributed by atoms with van der Waals surface area (Å²) in [5.41, 5.74) is 6.00. The van der Waals surface area contributed by atoms with E-state index in [2.05, 4.69) is 31.8 Å². The van der Waals surface area contributed by atoms with Crippen molar-refractivity contribution < 1.29 is 5.21 Å². The minimum absolute atomic E-state index is 0.00264. The molecule has 7 heteroatoms. The SMILES string of the molecule is CCN1CCC(N(C)c2nccc(/C(N)=N/O)n2)CC1. The fourth-order valence-corrected chi connectivity index (χ4v) is 2.50. The molecule has 2 rings (SSSR count). The molecule has 1 fully saturated rings. The molecule has 0 amide bonds. The first-order valence-electron chi connectivity index (χ1n) is 6.91. The standard InChI is InChI=1S/C13H22N6O/c1-3-19-8-5-10(6-9-19)18(2)13-15-7-4-11(16-13)12(14)17-20/h4,7,10,20H,3,5-6,8-9H2,1-2H3,(H2,14,17). The molecule has 0 aliphatic carbocycles. The molecule has 3 N–H and O–H groups in total. The lowest BCUT2D eigenvalue weighted by Gasteiger charge is -2.36. The Kier molecular flexibility index (Phi) is 4.73. The molecule has 0 radical (unpaired) electrons. The Labute approximate surface area is 119 Å². The molecule has 110 valence electrons. The number of nitrogens with zero attached hydrogens (tertiary/aromatic N) is 5. The van der Waals surface area contributed by atoms with Crippen LogP contribution in [0.3, 0.4) is 0 Å². The van der Waals surface area contributed by atoms with E-state index in [0.29, 0.717) is 17.7 Å². The van der Waals surface area contributed by atoms with Gasteiger partial charge in [0, 0.05) is 32.4 Å². The third-order valence-electron chi connectivity index (χ3n) is 3.88. The molecule has 0 aromatic carbocycles. The molecule has 20 heavy (non-hydrogen) atoms. The van der Waals surface area contributed by atoms with Crippen molar-refractivity contribution in [3.8, 4) is 0 Å². The molecule has 0 atom stereocenters. The van der Waals surface area contributed by atoms with Gasteiger partial charge < -0.3 is 20.7 Å². The number of hydrogen-bond acceptors (Lipinski definition) is 6. The van der Waals surface area contributed by atoms with Gasteiger partial charge in [-0.15, -0.1) is 0 Å². The maximum atomic E-state index is 8.71. The van der Waals surface area contributed by atoms with Crippen LogP contribution in [0.2, 0.25) is 0 Å². The first-order valence-corrected chi connectivity index (χ1v) is 6.91. The molecule has 0 bridgehead atoms. The molecule has 2 heterocycles. The summed E-state index contributed by atoms with van der Waals surface area (Å²) in [4.78, 5) is 13.1. The zero-order valence-corrected chi connectivity index (χ0v) is 12.0. The first-order chi connectivity index (χ1) is 9.65. The van der Waals surface area contributed by atoms with Gasteiger partial charge in [0.1, 0.15) is 5.69 Å². The molecular weight excluding hydrogens is 256 g/mol. The zero-order valence-electron chi connectivity index (χ0n) is 12.0. The average molecular weight is 278 g/mol. The lowest BCUT2D eigenvalue weighted by Crippen LogP contribution is -2.44. The van der Waals surface area contributed by atoms with E-state index in [1.54, 1.807) is 12.3 Å². The van der Waals surface area contributed by atoms with Crippen LogP contribution in [0.15, 0.2) is 17.4 Å². The minimum Gasteiger partial charge on any atom is -0.409 e. The summed E-state index contributed by atoms with van der Waals surface area (Å²) in [6.45, 7) is 5.50. The summed E-state index contributed by atoms with van der Waals surface area (Å²) in [6, 6.07) is 2.06. The Morgan fingerprint density at radius 1 is 1.55 bits per heavy atom. The van der Waals surface area contributed by atoms with Crippen LogP contribution in [-0.4, -0.2) is 58.6 Å². The molecular formula is C13H22N6O. The van der Waals surface area contributed by atoms with Crippen molar-refractivity contribution in [3.05, 3.63) is 18.0 Å². The van der Waals surface area contributed by atoms with Crippen molar-refractivity contribution in [3.63, 3.8) is 0 Å². The van der Waals surface area contributed by atoms with E-state index in [0.717, 1.165) is 32.5 Å². The largest absolute Gasteiger partial charge is 0.409 e. The van der Waals surface area contributed by atoms with E-state index in [9.17, 15) is 0 Å². The van der Waals surface area contributed by atoms with Crippen molar-refractivity contribution in [2.75, 3.05) is 31.6 Å². The number of amidine groups is 1. The number of piperidine rings is 1. The normalized spacial score (nSPS) is 18.2. The molecule has 7 nitrogen and oxygen atoms in total. The molecule has 1 aromatic rings. The van der Waals surface area contributed by atoms with Gasteiger partial charge in [-0.3, -0.25) is 0 Å². The fraction of sp³-hybridized carbons (Fsp3) is 0.615. The highest BCUT2D eigenvalue weighted by atomic mass is 16.4.